The third kappa shape index (κ3) is 14.8. The van der Waals surface area contributed by atoms with Crippen molar-refractivity contribution in [3.63, 3.8) is 0 Å². The summed E-state index contributed by atoms with van der Waals surface area (Å²) in [6.45, 7) is 9.23. The number of aliphatic imine (C=N–C) groups is 6. The van der Waals surface area contributed by atoms with E-state index in [0.717, 1.165) is 39.3 Å². The Bertz CT molecular complexity index is 2190. The van der Waals surface area contributed by atoms with Crippen LogP contribution < -0.4 is 21.7 Å². The molecule has 11 heteroatoms. The van der Waals surface area contributed by atoms with Crippen LogP contribution in [0.15, 0.2) is 176 Å². The Morgan fingerprint density at radius 3 is 0.600 bits per heavy atom. The van der Waals surface area contributed by atoms with E-state index in [9.17, 15) is 0 Å². The number of rotatable bonds is 0. The van der Waals surface area contributed by atoms with E-state index in [0.29, 0.717) is 39.3 Å². The molecular weight excluding hydrogens is 1140 g/mol. The first kappa shape index (κ1) is 47.1. The topological polar surface area (TPSA) is 80.6 Å². The molecule has 6 aromatic rings. The fourth-order valence-electron chi connectivity index (χ4n) is 7.28. The number of nitrogens with zero attached hydrogens (tertiary/aromatic N) is 8. The van der Waals surface area contributed by atoms with E-state index in [2.05, 4.69) is 193 Å². The van der Waals surface area contributed by atoms with Gasteiger partial charge in [-0.05, 0) is 0 Å². The molecule has 0 saturated heterocycles. The molecule has 3 aliphatic rings. The molecule has 0 N–H and O–H groups in total. The van der Waals surface area contributed by atoms with Gasteiger partial charge in [-0.1, -0.05) is 0 Å². The summed E-state index contributed by atoms with van der Waals surface area (Å²) in [5.74, 6) is 0. The number of hydrogen-bond donors (Lipinski definition) is 0. The molecule has 65 heavy (non-hydrogen) atoms. The fourth-order valence-corrected chi connectivity index (χ4v) is 15.9. The van der Waals surface area contributed by atoms with Gasteiger partial charge < -0.3 is 0 Å². The van der Waals surface area contributed by atoms with Gasteiger partial charge in [0.05, 0.1) is 0 Å². The maximum atomic E-state index is 5.03. The standard InChI is InChI=1S/C54H54N8Te3/c1-7-19-49-43(13-1)37-55-25-31-61-32-26-57-39-45-15-3-9-21-51(45)64-53-23-11-5-17-47(53)41-59-29-35-62(34-28-56-38-44-14-2-8-20-50(44)63-49)36-30-60-42-48-18-6-12-24-54(48)65-52-22-10-4-16-46(52)40-58-27-33-61/h1-24,37-42H,25-36H2. The zero-order chi connectivity index (χ0) is 44.1. The van der Waals surface area contributed by atoms with E-state index in [1.165, 1.54) is 55.0 Å². The van der Waals surface area contributed by atoms with Gasteiger partial charge in [0.25, 0.3) is 0 Å². The van der Waals surface area contributed by atoms with Gasteiger partial charge in [-0.15, -0.1) is 0 Å². The van der Waals surface area contributed by atoms with Crippen molar-refractivity contribution in [1.29, 1.82) is 0 Å². The van der Waals surface area contributed by atoms with Crippen LogP contribution in [0.4, 0.5) is 0 Å². The van der Waals surface area contributed by atoms with Crippen molar-refractivity contribution in [2.45, 2.75) is 0 Å². The quantitative estimate of drug-likeness (QED) is 0.220. The van der Waals surface area contributed by atoms with Crippen LogP contribution in [0.2, 0.25) is 0 Å². The van der Waals surface area contributed by atoms with E-state index in [-0.39, 0.29) is 0 Å². The van der Waals surface area contributed by atoms with Crippen molar-refractivity contribution < 1.29 is 0 Å². The van der Waals surface area contributed by atoms with Crippen LogP contribution in [0, 0.1) is 0 Å². The van der Waals surface area contributed by atoms with Gasteiger partial charge in [0.1, 0.15) is 0 Å². The summed E-state index contributed by atoms with van der Waals surface area (Å²) >= 11 is -2.09. The summed E-state index contributed by atoms with van der Waals surface area (Å²) in [7, 11) is 0. The number of benzene rings is 6. The van der Waals surface area contributed by atoms with Crippen molar-refractivity contribution in [1.82, 2.24) is 9.80 Å². The average molecular weight is 1200 g/mol. The normalized spacial score (nSPS) is 18.1. The molecule has 3 heterocycles. The summed E-state index contributed by atoms with van der Waals surface area (Å²) in [4.78, 5) is 35.1. The minimum absolute atomic E-state index is 0.695. The summed E-state index contributed by atoms with van der Waals surface area (Å²) in [6.07, 6.45) is 12.6. The third-order valence-corrected chi connectivity index (χ3v) is 21.0. The van der Waals surface area contributed by atoms with E-state index >= 15 is 0 Å². The molecule has 0 radical (unpaired) electrons. The fraction of sp³-hybridized carbons (Fsp3) is 0.222. The molecule has 0 fully saturated rings. The number of hydrogen-bond acceptors (Lipinski definition) is 8. The van der Waals surface area contributed by atoms with Gasteiger partial charge in [0, 0.05) is 0 Å². The molecule has 2 bridgehead atoms. The number of fused-ring (bicyclic) bond motifs is 12. The van der Waals surface area contributed by atoms with Gasteiger partial charge in [-0.2, -0.15) is 0 Å². The Kier molecular flexibility index (Phi) is 18.9. The molecule has 9 rings (SSSR count). The predicted molar refractivity (Wildman–Crippen MR) is 281 cm³/mol. The van der Waals surface area contributed by atoms with E-state index in [4.69, 9.17) is 30.0 Å². The van der Waals surface area contributed by atoms with E-state index < -0.39 is 62.8 Å². The Balaban J connectivity index is 1.14. The van der Waals surface area contributed by atoms with Gasteiger partial charge in [0.2, 0.25) is 0 Å². The first-order valence-electron chi connectivity index (χ1n) is 22.3. The molecule has 0 atom stereocenters. The van der Waals surface area contributed by atoms with Crippen LogP contribution in [0.25, 0.3) is 0 Å². The van der Waals surface area contributed by atoms with Crippen molar-refractivity contribution in [3.8, 4) is 0 Å². The third-order valence-electron chi connectivity index (χ3n) is 10.8. The molecule has 0 aliphatic carbocycles. The first-order chi connectivity index (χ1) is 32.2. The molecule has 3 aliphatic heterocycles. The summed E-state index contributed by atoms with van der Waals surface area (Å²) in [5, 5.41) is 0. The van der Waals surface area contributed by atoms with Crippen molar-refractivity contribution in [3.05, 3.63) is 179 Å². The SMILES string of the molecule is C1=NCCN2CCN=Cc3ccccc3[Te]c3ccccc3C=NCCN(CCN=Cc3ccccc3[Te]c3ccccc31)CCN=Cc1ccccc1[Te]c1ccccc1C=NCC2. The van der Waals surface area contributed by atoms with Gasteiger partial charge >= 0.3 is 419 Å². The van der Waals surface area contributed by atoms with Crippen LogP contribution in [0.1, 0.15) is 33.4 Å². The van der Waals surface area contributed by atoms with Crippen molar-refractivity contribution in [2.75, 3.05) is 78.5 Å². The average Bonchev–Trinajstić information content (AvgIpc) is 3.33. The molecule has 0 aromatic heterocycles. The van der Waals surface area contributed by atoms with E-state index in [1.807, 2.05) is 0 Å². The Morgan fingerprint density at radius 1 is 0.246 bits per heavy atom. The Hall–Kier alpha value is -4.37. The first-order valence-corrected chi connectivity index (χ1v) is 29.3. The second kappa shape index (κ2) is 26.1. The van der Waals surface area contributed by atoms with Crippen molar-refractivity contribution in [2.24, 2.45) is 30.0 Å². The second-order valence-corrected chi connectivity index (χ2v) is 24.7. The van der Waals surface area contributed by atoms with Crippen LogP contribution in [-0.2, 0) is 0 Å². The molecular formula is C54H54N8Te3. The Labute approximate surface area is 415 Å². The maximum absolute atomic E-state index is 5.03. The second-order valence-electron chi connectivity index (χ2n) is 15.4. The molecule has 328 valence electrons. The van der Waals surface area contributed by atoms with Gasteiger partial charge in [0.15, 0.2) is 0 Å². The zero-order valence-electron chi connectivity index (χ0n) is 36.6. The molecule has 6 aromatic carbocycles. The van der Waals surface area contributed by atoms with Crippen LogP contribution in [0.3, 0.4) is 0 Å². The van der Waals surface area contributed by atoms with Crippen molar-refractivity contribution >= 4 is 122 Å². The summed E-state index contributed by atoms with van der Waals surface area (Å²) in [5.41, 5.74) is 7.24. The van der Waals surface area contributed by atoms with E-state index in [1.54, 1.807) is 0 Å². The van der Waals surface area contributed by atoms with Crippen LogP contribution in [-0.4, -0.2) is 188 Å². The molecule has 0 saturated carbocycles. The predicted octanol–water partition coefficient (Wildman–Crippen LogP) is 3.20. The molecule has 0 unspecified atom stereocenters. The monoisotopic (exact) mass is 1200 g/mol. The molecule has 0 spiro atoms. The summed E-state index contributed by atoms with van der Waals surface area (Å²) in [6, 6.07) is 52.6. The minimum atomic E-state index is -0.695. The van der Waals surface area contributed by atoms with Gasteiger partial charge in [-0.25, -0.2) is 0 Å². The van der Waals surface area contributed by atoms with Crippen LogP contribution >= 0.6 is 0 Å². The molecule has 0 amide bonds. The zero-order valence-corrected chi connectivity index (χ0v) is 43.6. The molecule has 8 nitrogen and oxygen atoms in total. The van der Waals surface area contributed by atoms with Crippen LogP contribution in [0.5, 0.6) is 0 Å². The summed E-state index contributed by atoms with van der Waals surface area (Å²) < 4.78 is 8.30. The Morgan fingerprint density at radius 2 is 0.415 bits per heavy atom. The van der Waals surface area contributed by atoms with Gasteiger partial charge in [-0.3, -0.25) is 0 Å².